The van der Waals surface area contributed by atoms with Crippen LogP contribution in [0.2, 0.25) is 0 Å². The minimum atomic E-state index is 0.418. The minimum Gasteiger partial charge on any atom is -0.324 e. The van der Waals surface area contributed by atoms with Gasteiger partial charge in [0.05, 0.1) is 12.2 Å². The first-order valence-electron chi connectivity index (χ1n) is 5.97. The van der Waals surface area contributed by atoms with Crippen LogP contribution in [0.4, 0.5) is 0 Å². The minimum absolute atomic E-state index is 0.418. The number of thioether (sulfide) groups is 1. The number of nitrogens with zero attached hydrogens (tertiary/aromatic N) is 5. The molecule has 3 heterocycles. The smallest absolute Gasteiger partial charge is 0.193 e. The number of aromatic nitrogens is 5. The average Bonchev–Trinajstić information content (AvgIpc) is 3.09. The highest BCUT2D eigenvalue weighted by atomic mass is 32.2. The summed E-state index contributed by atoms with van der Waals surface area (Å²) in [5, 5.41) is 11.2. The molecule has 2 N–H and O–H groups in total. The number of fused-ring (bicyclic) bond motifs is 1. The molecule has 0 atom stereocenters. The van der Waals surface area contributed by atoms with Gasteiger partial charge in [0.2, 0.25) is 0 Å². The van der Waals surface area contributed by atoms with Crippen molar-refractivity contribution in [2.24, 2.45) is 5.73 Å². The third-order valence-corrected chi connectivity index (χ3v) is 4.56. The maximum absolute atomic E-state index is 5.64. The lowest BCUT2D eigenvalue weighted by molar-refractivity contribution is 0.643. The molecule has 19 heavy (non-hydrogen) atoms. The Hall–Kier alpha value is -1.38. The highest BCUT2D eigenvalue weighted by molar-refractivity contribution is 7.98. The van der Waals surface area contributed by atoms with Gasteiger partial charge in [-0.1, -0.05) is 11.8 Å². The van der Waals surface area contributed by atoms with Gasteiger partial charge in [0.1, 0.15) is 5.82 Å². The van der Waals surface area contributed by atoms with Gasteiger partial charge in [0, 0.05) is 30.1 Å². The molecule has 0 aliphatic heterocycles. The molecule has 0 aliphatic carbocycles. The van der Waals surface area contributed by atoms with E-state index in [1.165, 1.54) is 0 Å². The molecule has 100 valence electrons. The van der Waals surface area contributed by atoms with E-state index >= 15 is 0 Å². The van der Waals surface area contributed by atoms with Gasteiger partial charge in [-0.2, -0.15) is 0 Å². The first kappa shape index (κ1) is 12.6. The molecule has 3 rings (SSSR count). The number of rotatable bonds is 5. The van der Waals surface area contributed by atoms with Gasteiger partial charge < -0.3 is 10.3 Å². The summed E-state index contributed by atoms with van der Waals surface area (Å²) in [5.41, 5.74) is 6.69. The maximum Gasteiger partial charge on any atom is 0.193 e. The van der Waals surface area contributed by atoms with Crippen LogP contribution in [-0.4, -0.2) is 24.1 Å². The second-order valence-corrected chi connectivity index (χ2v) is 5.78. The molecular formula is C11H14N6S2. The van der Waals surface area contributed by atoms with Crippen LogP contribution >= 0.6 is 23.1 Å². The molecule has 0 aliphatic rings. The topological polar surface area (TPSA) is 74.0 Å². The van der Waals surface area contributed by atoms with E-state index in [-0.39, 0.29) is 0 Å². The Morgan fingerprint density at radius 1 is 1.42 bits per heavy atom. The molecule has 0 aromatic carbocycles. The summed E-state index contributed by atoms with van der Waals surface area (Å²) < 4.78 is 4.08. The molecule has 0 fully saturated rings. The molecule has 0 saturated carbocycles. The van der Waals surface area contributed by atoms with E-state index in [1.54, 1.807) is 23.1 Å². The summed E-state index contributed by atoms with van der Waals surface area (Å²) in [4.78, 5) is 5.57. The van der Waals surface area contributed by atoms with E-state index in [4.69, 9.17) is 5.73 Å². The molecule has 0 radical (unpaired) electrons. The van der Waals surface area contributed by atoms with Gasteiger partial charge in [-0.05, 0) is 6.92 Å². The summed E-state index contributed by atoms with van der Waals surface area (Å²) in [6, 6.07) is 0. The number of thiazole rings is 1. The van der Waals surface area contributed by atoms with E-state index < -0.39 is 0 Å². The number of nitrogens with two attached hydrogens (primary N) is 1. The SMILES string of the molecule is CCn1c(CN)nnc1SCc1cn2ccsc2n1. The van der Waals surface area contributed by atoms with Gasteiger partial charge in [-0.25, -0.2) is 4.98 Å². The maximum atomic E-state index is 5.64. The van der Waals surface area contributed by atoms with Crippen LogP contribution in [-0.2, 0) is 18.8 Å². The van der Waals surface area contributed by atoms with Crippen molar-refractivity contribution in [3.8, 4) is 0 Å². The van der Waals surface area contributed by atoms with Crippen molar-refractivity contribution in [3.05, 3.63) is 29.3 Å². The molecule has 3 aromatic heterocycles. The van der Waals surface area contributed by atoms with Gasteiger partial charge in [0.25, 0.3) is 0 Å². The summed E-state index contributed by atoms with van der Waals surface area (Å²) in [6.45, 7) is 3.32. The Morgan fingerprint density at radius 3 is 3.05 bits per heavy atom. The van der Waals surface area contributed by atoms with Gasteiger partial charge in [0.15, 0.2) is 10.1 Å². The zero-order chi connectivity index (χ0) is 13.2. The molecular weight excluding hydrogens is 280 g/mol. The van der Waals surface area contributed by atoms with E-state index in [0.717, 1.165) is 33.9 Å². The van der Waals surface area contributed by atoms with Crippen LogP contribution in [0.3, 0.4) is 0 Å². The van der Waals surface area contributed by atoms with Gasteiger partial charge in [-0.15, -0.1) is 21.5 Å². The van der Waals surface area contributed by atoms with E-state index in [2.05, 4.69) is 28.3 Å². The summed E-state index contributed by atoms with van der Waals surface area (Å²) in [7, 11) is 0. The summed E-state index contributed by atoms with van der Waals surface area (Å²) >= 11 is 3.28. The largest absolute Gasteiger partial charge is 0.324 e. The lowest BCUT2D eigenvalue weighted by Crippen LogP contribution is -2.08. The summed E-state index contributed by atoms with van der Waals surface area (Å²) in [5.74, 6) is 1.62. The molecule has 0 amide bonds. The van der Waals surface area contributed by atoms with Gasteiger partial charge >= 0.3 is 0 Å². The summed E-state index contributed by atoms with van der Waals surface area (Å²) in [6.07, 6.45) is 4.07. The van der Waals surface area contributed by atoms with Crippen molar-refractivity contribution in [2.45, 2.75) is 30.9 Å². The van der Waals surface area contributed by atoms with Crippen LogP contribution in [0.1, 0.15) is 18.4 Å². The lowest BCUT2D eigenvalue weighted by atomic mass is 10.6. The molecule has 0 saturated heterocycles. The van der Waals surface area contributed by atoms with Crippen LogP contribution in [0.15, 0.2) is 22.9 Å². The Labute approximate surface area is 118 Å². The van der Waals surface area contributed by atoms with Crippen molar-refractivity contribution in [2.75, 3.05) is 0 Å². The third-order valence-electron chi connectivity index (χ3n) is 2.78. The zero-order valence-corrected chi connectivity index (χ0v) is 12.1. The molecule has 0 spiro atoms. The number of imidazole rings is 1. The van der Waals surface area contributed by atoms with Crippen LogP contribution in [0.5, 0.6) is 0 Å². The monoisotopic (exact) mass is 294 g/mol. The van der Waals surface area contributed by atoms with Crippen LogP contribution < -0.4 is 5.73 Å². The first-order chi connectivity index (χ1) is 9.31. The van der Waals surface area contributed by atoms with E-state index in [1.807, 2.05) is 20.5 Å². The molecule has 0 unspecified atom stereocenters. The quantitative estimate of drug-likeness (QED) is 0.726. The highest BCUT2D eigenvalue weighted by Crippen LogP contribution is 2.22. The average molecular weight is 294 g/mol. The molecule has 8 heteroatoms. The fourth-order valence-electron chi connectivity index (χ4n) is 1.88. The molecule has 0 bridgehead atoms. The first-order valence-corrected chi connectivity index (χ1v) is 7.84. The molecule has 3 aromatic rings. The normalized spacial score (nSPS) is 11.5. The Kier molecular flexibility index (Phi) is 3.54. The van der Waals surface area contributed by atoms with Crippen molar-refractivity contribution in [1.82, 2.24) is 24.1 Å². The highest BCUT2D eigenvalue weighted by Gasteiger charge is 2.11. The predicted molar refractivity (Wildman–Crippen MR) is 76.2 cm³/mol. The van der Waals surface area contributed by atoms with Crippen molar-refractivity contribution < 1.29 is 0 Å². The second kappa shape index (κ2) is 5.32. The van der Waals surface area contributed by atoms with Crippen molar-refractivity contribution in [1.29, 1.82) is 0 Å². The van der Waals surface area contributed by atoms with Crippen molar-refractivity contribution >= 4 is 28.1 Å². The fraction of sp³-hybridized carbons (Fsp3) is 0.364. The van der Waals surface area contributed by atoms with Gasteiger partial charge in [-0.3, -0.25) is 4.40 Å². The van der Waals surface area contributed by atoms with E-state index in [0.29, 0.717) is 6.54 Å². The third kappa shape index (κ3) is 2.38. The number of hydrogen-bond acceptors (Lipinski definition) is 6. The molecule has 6 nitrogen and oxygen atoms in total. The zero-order valence-electron chi connectivity index (χ0n) is 10.5. The predicted octanol–water partition coefficient (Wildman–Crippen LogP) is 1.76. The fourth-order valence-corrected chi connectivity index (χ4v) is 3.50. The van der Waals surface area contributed by atoms with Crippen LogP contribution in [0, 0.1) is 0 Å². The Morgan fingerprint density at radius 2 is 2.32 bits per heavy atom. The Balaban J connectivity index is 1.75. The second-order valence-electron chi connectivity index (χ2n) is 3.96. The van der Waals surface area contributed by atoms with Crippen molar-refractivity contribution in [3.63, 3.8) is 0 Å². The van der Waals surface area contributed by atoms with Crippen LogP contribution in [0.25, 0.3) is 4.96 Å². The Bertz CT molecular complexity index is 654. The number of hydrogen-bond donors (Lipinski definition) is 1. The lowest BCUT2D eigenvalue weighted by Gasteiger charge is -2.04. The standard InChI is InChI=1S/C11H14N6S2/c1-2-17-9(5-12)14-15-11(17)19-7-8-6-16-3-4-18-10(16)13-8/h3-4,6H,2,5,7,12H2,1H3. The van der Waals surface area contributed by atoms with E-state index in [9.17, 15) is 0 Å².